The second-order valence-electron chi connectivity index (χ2n) is 8.06. The first-order valence-corrected chi connectivity index (χ1v) is 11.4. The second kappa shape index (κ2) is 10.7. The number of nitrogen functional groups attached to an aromatic ring is 2. The quantitative estimate of drug-likeness (QED) is 0.324. The first-order chi connectivity index (χ1) is 16.2. The molecule has 0 radical (unpaired) electrons. The summed E-state index contributed by atoms with van der Waals surface area (Å²) < 4.78 is 4.27. The fourth-order valence-electron chi connectivity index (χ4n) is 3.84. The minimum absolute atomic E-state index is 0.0284. The van der Waals surface area contributed by atoms with Crippen molar-refractivity contribution >= 4 is 46.1 Å². The van der Waals surface area contributed by atoms with Crippen LogP contribution in [0.15, 0.2) is 18.2 Å². The molecule has 0 saturated heterocycles. The summed E-state index contributed by atoms with van der Waals surface area (Å²) in [5.74, 6) is 0.272. The number of benzene rings is 1. The van der Waals surface area contributed by atoms with Gasteiger partial charge in [0.05, 0.1) is 19.6 Å². The van der Waals surface area contributed by atoms with Gasteiger partial charge in [-0.2, -0.15) is 0 Å². The average molecular weight is 489 g/mol. The van der Waals surface area contributed by atoms with Gasteiger partial charge in [0.2, 0.25) is 5.91 Å². The van der Waals surface area contributed by atoms with Gasteiger partial charge >= 0.3 is 0 Å². The number of fused-ring (bicyclic) bond motifs is 1. The van der Waals surface area contributed by atoms with Crippen LogP contribution in [0.25, 0.3) is 11.0 Å². The standard InChI is InChI=1S/C22H30ClN9O2/c1-5-31-14-8-7-13(10-26-16(33)12-30(3)4)9-15(14)32(6-2)17(31)11-27-22(34)18-20(24)29-21(25)19(23)28-18/h7-9H,5-6,10-12H2,1-4H3,(H5-,24,25,26,27,29,33,34)/p+1. The maximum Gasteiger partial charge on any atom is 0.277 e. The lowest BCUT2D eigenvalue weighted by atomic mass is 10.2. The second-order valence-corrected chi connectivity index (χ2v) is 8.42. The molecule has 0 aliphatic heterocycles. The van der Waals surface area contributed by atoms with Crippen molar-refractivity contribution in [2.45, 2.75) is 40.0 Å². The van der Waals surface area contributed by atoms with E-state index < -0.39 is 5.91 Å². The number of carbonyl (C=O) groups excluding carboxylic acids is 2. The molecule has 0 atom stereocenters. The van der Waals surface area contributed by atoms with Gasteiger partial charge in [-0.15, -0.1) is 0 Å². The summed E-state index contributed by atoms with van der Waals surface area (Å²) in [6, 6.07) is 6.10. The monoisotopic (exact) mass is 488 g/mol. The van der Waals surface area contributed by atoms with Gasteiger partial charge in [-0.1, -0.05) is 17.7 Å². The molecule has 0 spiro atoms. The largest absolute Gasteiger partial charge is 0.382 e. The third-order valence-corrected chi connectivity index (χ3v) is 5.63. The summed E-state index contributed by atoms with van der Waals surface area (Å²) in [5.41, 5.74) is 14.4. The van der Waals surface area contributed by atoms with Crippen LogP contribution in [-0.2, 0) is 31.0 Å². The van der Waals surface area contributed by atoms with Crippen molar-refractivity contribution in [3.05, 3.63) is 40.4 Å². The predicted octanol–water partition coefficient (Wildman–Crippen LogP) is 0.684. The highest BCUT2D eigenvalue weighted by atomic mass is 35.5. The van der Waals surface area contributed by atoms with Crippen molar-refractivity contribution < 1.29 is 14.2 Å². The molecule has 34 heavy (non-hydrogen) atoms. The zero-order valence-electron chi connectivity index (χ0n) is 19.9. The summed E-state index contributed by atoms with van der Waals surface area (Å²) in [7, 11) is 3.71. The third-order valence-electron chi connectivity index (χ3n) is 5.35. The van der Waals surface area contributed by atoms with E-state index in [1.54, 1.807) is 0 Å². The molecular formula is C22H31ClN9O2+. The van der Waals surface area contributed by atoms with Crippen molar-refractivity contribution in [2.75, 3.05) is 32.1 Å². The third kappa shape index (κ3) is 5.37. The van der Waals surface area contributed by atoms with E-state index in [1.807, 2.05) is 45.0 Å². The van der Waals surface area contributed by atoms with E-state index in [0.717, 1.165) is 22.4 Å². The van der Waals surface area contributed by atoms with Crippen molar-refractivity contribution in [1.82, 2.24) is 30.1 Å². The van der Waals surface area contributed by atoms with E-state index in [-0.39, 0.29) is 34.9 Å². The fraction of sp³-hybridized carbons (Fsp3) is 0.409. The van der Waals surface area contributed by atoms with Crippen LogP contribution in [-0.4, -0.2) is 51.9 Å². The Hall–Kier alpha value is -3.44. The molecule has 11 nitrogen and oxygen atoms in total. The zero-order valence-corrected chi connectivity index (χ0v) is 20.6. The van der Waals surface area contributed by atoms with Gasteiger partial charge in [0.1, 0.15) is 6.54 Å². The molecule has 1 aromatic carbocycles. The van der Waals surface area contributed by atoms with Crippen LogP contribution in [0.5, 0.6) is 0 Å². The topological polar surface area (TPSA) is 148 Å². The molecule has 2 heterocycles. The molecule has 0 fully saturated rings. The molecule has 0 saturated carbocycles. The molecule has 6 N–H and O–H groups in total. The number of nitrogens with two attached hydrogens (primary N) is 2. The molecule has 0 aliphatic rings. The van der Waals surface area contributed by atoms with Crippen LogP contribution in [0.1, 0.15) is 35.7 Å². The number of halogens is 1. The molecule has 2 amide bonds. The summed E-state index contributed by atoms with van der Waals surface area (Å²) in [6.07, 6.45) is 0. The first-order valence-electron chi connectivity index (χ1n) is 11.0. The lowest BCUT2D eigenvalue weighted by Gasteiger charge is -2.10. The minimum Gasteiger partial charge on any atom is -0.382 e. The lowest BCUT2D eigenvalue weighted by Crippen LogP contribution is -2.40. The number of likely N-dealkylation sites (N-methyl/N-ethyl adjacent to an activating group) is 1. The number of hydrogen-bond acceptors (Lipinski definition) is 7. The van der Waals surface area contributed by atoms with E-state index in [1.165, 1.54) is 0 Å². The van der Waals surface area contributed by atoms with Gasteiger partial charge in [0, 0.05) is 6.54 Å². The highest BCUT2D eigenvalue weighted by Gasteiger charge is 2.25. The number of nitrogens with zero attached hydrogens (tertiary/aromatic N) is 5. The van der Waals surface area contributed by atoms with Crippen LogP contribution < -0.4 is 26.7 Å². The summed E-state index contributed by atoms with van der Waals surface area (Å²) in [5, 5.41) is 5.73. The number of amides is 2. The normalized spacial score (nSPS) is 11.2. The van der Waals surface area contributed by atoms with Crippen LogP contribution in [0, 0.1) is 0 Å². The van der Waals surface area contributed by atoms with E-state index in [9.17, 15) is 9.59 Å². The summed E-state index contributed by atoms with van der Waals surface area (Å²) in [4.78, 5) is 34.4. The fourth-order valence-corrected chi connectivity index (χ4v) is 3.97. The molecule has 12 heteroatoms. The van der Waals surface area contributed by atoms with E-state index in [0.29, 0.717) is 26.2 Å². The highest BCUT2D eigenvalue weighted by molar-refractivity contribution is 6.31. The van der Waals surface area contributed by atoms with Crippen molar-refractivity contribution in [1.29, 1.82) is 0 Å². The predicted molar refractivity (Wildman–Crippen MR) is 131 cm³/mol. The van der Waals surface area contributed by atoms with Gasteiger partial charge in [-0.25, -0.2) is 19.1 Å². The van der Waals surface area contributed by atoms with Gasteiger partial charge in [-0.3, -0.25) is 9.59 Å². The molecule has 3 aromatic rings. The minimum atomic E-state index is -0.494. The Kier molecular flexibility index (Phi) is 7.90. The average Bonchev–Trinajstić information content (AvgIpc) is 3.09. The van der Waals surface area contributed by atoms with E-state index in [2.05, 4.69) is 35.8 Å². The smallest absolute Gasteiger partial charge is 0.277 e. The van der Waals surface area contributed by atoms with Gasteiger partial charge in [-0.05, 0) is 45.6 Å². The number of imidazole rings is 1. The maximum absolute atomic E-state index is 12.7. The van der Waals surface area contributed by atoms with E-state index in [4.69, 9.17) is 23.1 Å². The molecule has 0 bridgehead atoms. The molecule has 3 rings (SSSR count). The van der Waals surface area contributed by atoms with Crippen LogP contribution >= 0.6 is 11.6 Å². The number of rotatable bonds is 9. The van der Waals surface area contributed by atoms with Gasteiger partial charge in [0.15, 0.2) is 33.5 Å². The number of carbonyl (C=O) groups is 2. The number of nitrogens with one attached hydrogen (secondary N) is 2. The van der Waals surface area contributed by atoms with Gasteiger partial charge < -0.3 is 27.0 Å². The Morgan fingerprint density at radius 3 is 2.50 bits per heavy atom. The summed E-state index contributed by atoms with van der Waals surface area (Å²) >= 11 is 5.91. The Morgan fingerprint density at radius 1 is 1.12 bits per heavy atom. The first kappa shape index (κ1) is 25.2. The molecule has 0 unspecified atom stereocenters. The number of anilines is 2. The highest BCUT2D eigenvalue weighted by Crippen LogP contribution is 2.19. The van der Waals surface area contributed by atoms with Crippen molar-refractivity contribution in [2.24, 2.45) is 0 Å². The molecular weight excluding hydrogens is 458 g/mol. The Balaban J connectivity index is 1.86. The molecule has 0 aliphatic carbocycles. The van der Waals surface area contributed by atoms with E-state index >= 15 is 0 Å². The van der Waals surface area contributed by atoms with Crippen molar-refractivity contribution in [3.8, 4) is 0 Å². The Morgan fingerprint density at radius 2 is 1.85 bits per heavy atom. The van der Waals surface area contributed by atoms with Crippen molar-refractivity contribution in [3.63, 3.8) is 0 Å². The maximum atomic E-state index is 12.7. The lowest BCUT2D eigenvalue weighted by molar-refractivity contribution is -0.676. The number of aromatic nitrogens is 4. The zero-order chi connectivity index (χ0) is 25.0. The number of aryl methyl sites for hydroxylation is 2. The number of hydrogen-bond donors (Lipinski definition) is 4. The SMILES string of the molecule is CCn1c(CNC(=O)c2nc(Cl)c(N)nc2N)[n+](CC)c2ccc(CNC(=O)CN(C)C)cc21. The van der Waals surface area contributed by atoms with Gasteiger partial charge in [0.25, 0.3) is 11.7 Å². The van der Waals surface area contributed by atoms with Crippen LogP contribution in [0.4, 0.5) is 11.6 Å². The Bertz CT molecular complexity index is 1220. The Labute approximate surface area is 203 Å². The summed E-state index contributed by atoms with van der Waals surface area (Å²) in [6.45, 7) is 6.51. The van der Waals surface area contributed by atoms with Crippen LogP contribution in [0.2, 0.25) is 5.15 Å². The van der Waals surface area contributed by atoms with Crippen LogP contribution in [0.3, 0.4) is 0 Å². The molecule has 182 valence electrons. The molecule has 2 aromatic heterocycles.